The molecule has 0 fully saturated rings. The second-order valence-corrected chi connectivity index (χ2v) is 5.63. The van der Waals surface area contributed by atoms with Gasteiger partial charge >= 0.3 is 12.0 Å². The Morgan fingerprint density at radius 2 is 1.77 bits per heavy atom. The molecule has 22 heavy (non-hydrogen) atoms. The molecule has 120 valence electrons. The highest BCUT2D eigenvalue weighted by atomic mass is 35.5. The molecule has 0 radical (unpaired) electrons. The van der Waals surface area contributed by atoms with E-state index in [2.05, 4.69) is 10.6 Å². The van der Waals surface area contributed by atoms with Gasteiger partial charge in [0.1, 0.15) is 0 Å². The van der Waals surface area contributed by atoms with Gasteiger partial charge in [0, 0.05) is 11.1 Å². The number of nitrogens with one attached hydrogen (secondary N) is 2. The molecule has 2 N–H and O–H groups in total. The van der Waals surface area contributed by atoms with Gasteiger partial charge in [-0.1, -0.05) is 23.2 Å². The van der Waals surface area contributed by atoms with E-state index in [1.807, 2.05) is 0 Å². The summed E-state index contributed by atoms with van der Waals surface area (Å²) in [6.07, 6.45) is -1.16. The molecule has 0 unspecified atom stereocenters. The lowest BCUT2D eigenvalue weighted by Gasteiger charge is -2.14. The average Bonchev–Trinajstić information content (AvgIpc) is 2.36. The number of amides is 3. The van der Waals surface area contributed by atoms with Crippen LogP contribution in [0.1, 0.15) is 31.1 Å². The molecule has 1 aromatic rings. The van der Waals surface area contributed by atoms with E-state index in [0.717, 1.165) is 0 Å². The molecule has 0 aliphatic rings. The Bertz CT molecular complexity index is 590. The smallest absolute Gasteiger partial charge is 0.340 e. The van der Waals surface area contributed by atoms with Crippen LogP contribution in [0.15, 0.2) is 18.2 Å². The van der Waals surface area contributed by atoms with Crippen LogP contribution < -0.4 is 10.6 Å². The highest BCUT2D eigenvalue weighted by molar-refractivity contribution is 6.36. The Morgan fingerprint density at radius 1 is 1.14 bits per heavy atom. The Labute approximate surface area is 138 Å². The van der Waals surface area contributed by atoms with Gasteiger partial charge in [-0.25, -0.2) is 9.59 Å². The molecule has 0 saturated heterocycles. The molecule has 0 aliphatic carbocycles. The zero-order chi connectivity index (χ0) is 16.9. The minimum absolute atomic E-state index is 0.0809. The van der Waals surface area contributed by atoms with Crippen LogP contribution in [0.25, 0.3) is 0 Å². The Hall–Kier alpha value is -1.79. The van der Waals surface area contributed by atoms with Crippen LogP contribution in [0.3, 0.4) is 0 Å². The number of carbonyl (C=O) groups is 3. The van der Waals surface area contributed by atoms with E-state index in [4.69, 9.17) is 27.9 Å². The van der Waals surface area contributed by atoms with Crippen LogP contribution in [-0.2, 0) is 9.53 Å². The van der Waals surface area contributed by atoms with E-state index in [0.29, 0.717) is 5.02 Å². The number of halogens is 2. The Morgan fingerprint density at radius 3 is 2.32 bits per heavy atom. The molecule has 0 aliphatic heterocycles. The third-order valence-corrected chi connectivity index (χ3v) is 3.01. The average molecular weight is 347 g/mol. The summed E-state index contributed by atoms with van der Waals surface area (Å²) in [7, 11) is 0. The molecule has 0 saturated carbocycles. The van der Waals surface area contributed by atoms with Gasteiger partial charge in [0.25, 0.3) is 5.91 Å². The first-order valence-corrected chi connectivity index (χ1v) is 7.23. The summed E-state index contributed by atoms with van der Waals surface area (Å²) in [5, 5.41) is 5.04. The first-order valence-electron chi connectivity index (χ1n) is 6.48. The van der Waals surface area contributed by atoms with Crippen LogP contribution in [0.5, 0.6) is 0 Å². The molecule has 8 heteroatoms. The topological polar surface area (TPSA) is 84.5 Å². The van der Waals surface area contributed by atoms with E-state index in [1.54, 1.807) is 13.8 Å². The second kappa shape index (κ2) is 8.00. The number of benzene rings is 1. The van der Waals surface area contributed by atoms with Crippen LogP contribution in [0.2, 0.25) is 10.0 Å². The molecule has 1 rings (SSSR count). The Balaban J connectivity index is 2.63. The van der Waals surface area contributed by atoms with Crippen molar-refractivity contribution in [3.05, 3.63) is 33.8 Å². The first kappa shape index (κ1) is 18.3. The summed E-state index contributed by atoms with van der Waals surface area (Å²) in [6.45, 7) is 4.84. The van der Waals surface area contributed by atoms with Crippen molar-refractivity contribution in [3.63, 3.8) is 0 Å². The third-order valence-electron chi connectivity index (χ3n) is 2.46. The normalized spacial score (nSPS) is 11.7. The lowest BCUT2D eigenvalue weighted by molar-refractivity contribution is -0.127. The van der Waals surface area contributed by atoms with Gasteiger partial charge in [0.05, 0.1) is 10.6 Å². The molecule has 0 bridgehead atoms. The fraction of sp³-hybridized carbons (Fsp3) is 0.357. The fourth-order valence-electron chi connectivity index (χ4n) is 1.44. The number of carbonyl (C=O) groups excluding carboxylic acids is 3. The predicted molar refractivity (Wildman–Crippen MR) is 83.1 cm³/mol. The maximum absolute atomic E-state index is 11.9. The first-order chi connectivity index (χ1) is 10.2. The maximum atomic E-state index is 11.9. The van der Waals surface area contributed by atoms with Crippen LogP contribution in [-0.4, -0.2) is 30.1 Å². The van der Waals surface area contributed by atoms with Gasteiger partial charge in [-0.05, 0) is 39.0 Å². The van der Waals surface area contributed by atoms with E-state index < -0.39 is 24.0 Å². The summed E-state index contributed by atoms with van der Waals surface area (Å²) in [6, 6.07) is 3.47. The monoisotopic (exact) mass is 346 g/mol. The van der Waals surface area contributed by atoms with E-state index in [9.17, 15) is 14.4 Å². The van der Waals surface area contributed by atoms with E-state index in [-0.39, 0.29) is 16.6 Å². The molecule has 1 aromatic carbocycles. The van der Waals surface area contributed by atoms with Crippen molar-refractivity contribution in [2.75, 3.05) is 0 Å². The van der Waals surface area contributed by atoms with Crippen molar-refractivity contribution in [2.24, 2.45) is 0 Å². The highest BCUT2D eigenvalue weighted by Crippen LogP contribution is 2.22. The molecule has 3 amide bonds. The second-order valence-electron chi connectivity index (χ2n) is 4.79. The minimum atomic E-state index is -1.16. The summed E-state index contributed by atoms with van der Waals surface area (Å²) in [5.74, 6) is -1.52. The highest BCUT2D eigenvalue weighted by Gasteiger charge is 2.22. The largest absolute Gasteiger partial charge is 0.449 e. The van der Waals surface area contributed by atoms with Crippen molar-refractivity contribution in [1.82, 2.24) is 10.6 Å². The standard InChI is InChI=1S/C14H16Cl2N2O4/c1-7(2)17-14(21)18-12(19)8(3)22-13(20)10-5-4-9(15)6-11(10)16/h4-8H,1-3H3,(H2,17,18,19,21)/t8-/m0/s1. The summed E-state index contributed by atoms with van der Waals surface area (Å²) < 4.78 is 4.97. The quantitative estimate of drug-likeness (QED) is 0.821. The number of hydrogen-bond donors (Lipinski definition) is 2. The minimum Gasteiger partial charge on any atom is -0.449 e. The fourth-order valence-corrected chi connectivity index (χ4v) is 1.93. The molecule has 6 nitrogen and oxygen atoms in total. The number of imide groups is 1. The molecule has 1 atom stereocenters. The number of urea groups is 1. The van der Waals surface area contributed by atoms with Crippen LogP contribution >= 0.6 is 23.2 Å². The van der Waals surface area contributed by atoms with Gasteiger partial charge in [-0.2, -0.15) is 0 Å². The predicted octanol–water partition coefficient (Wildman–Crippen LogP) is 2.77. The summed E-state index contributed by atoms with van der Waals surface area (Å²) in [5.41, 5.74) is 0.0809. The van der Waals surface area contributed by atoms with E-state index >= 15 is 0 Å². The van der Waals surface area contributed by atoms with Gasteiger partial charge < -0.3 is 10.1 Å². The number of hydrogen-bond acceptors (Lipinski definition) is 4. The molecular formula is C14H16Cl2N2O4. The third kappa shape index (κ3) is 5.54. The van der Waals surface area contributed by atoms with Gasteiger partial charge in [-0.3, -0.25) is 10.1 Å². The molecular weight excluding hydrogens is 331 g/mol. The van der Waals surface area contributed by atoms with Crippen LogP contribution in [0, 0.1) is 0 Å². The number of rotatable bonds is 4. The van der Waals surface area contributed by atoms with Gasteiger partial charge in [0.15, 0.2) is 6.10 Å². The summed E-state index contributed by atoms with van der Waals surface area (Å²) >= 11 is 11.6. The lowest BCUT2D eigenvalue weighted by atomic mass is 10.2. The zero-order valence-electron chi connectivity index (χ0n) is 12.3. The lowest BCUT2D eigenvalue weighted by Crippen LogP contribution is -2.46. The SMILES string of the molecule is CC(C)NC(=O)NC(=O)[C@H](C)OC(=O)c1ccc(Cl)cc1Cl. The van der Waals surface area contributed by atoms with E-state index in [1.165, 1.54) is 25.1 Å². The zero-order valence-corrected chi connectivity index (χ0v) is 13.8. The van der Waals surface area contributed by atoms with Crippen molar-refractivity contribution in [3.8, 4) is 0 Å². The molecule has 0 heterocycles. The summed E-state index contributed by atoms with van der Waals surface area (Å²) in [4.78, 5) is 35.1. The van der Waals surface area contributed by atoms with Gasteiger partial charge in [-0.15, -0.1) is 0 Å². The van der Waals surface area contributed by atoms with Crippen molar-refractivity contribution >= 4 is 41.1 Å². The van der Waals surface area contributed by atoms with Gasteiger partial charge in [0.2, 0.25) is 0 Å². The van der Waals surface area contributed by atoms with Crippen molar-refractivity contribution in [1.29, 1.82) is 0 Å². The number of ether oxygens (including phenoxy) is 1. The molecule has 0 spiro atoms. The number of esters is 1. The maximum Gasteiger partial charge on any atom is 0.340 e. The van der Waals surface area contributed by atoms with Crippen LogP contribution in [0.4, 0.5) is 4.79 Å². The molecule has 0 aromatic heterocycles. The van der Waals surface area contributed by atoms with Crippen molar-refractivity contribution in [2.45, 2.75) is 32.9 Å². The Kier molecular flexibility index (Phi) is 6.64. The van der Waals surface area contributed by atoms with Crippen molar-refractivity contribution < 1.29 is 19.1 Å².